The molecule has 1 aliphatic heterocycles. The summed E-state index contributed by atoms with van der Waals surface area (Å²) in [5.74, 6) is -1.95. The van der Waals surface area contributed by atoms with Crippen molar-refractivity contribution in [2.24, 2.45) is 0 Å². The Morgan fingerprint density at radius 3 is 2.72 bits per heavy atom. The zero-order valence-corrected chi connectivity index (χ0v) is 14.3. The summed E-state index contributed by atoms with van der Waals surface area (Å²) < 4.78 is 26.6. The van der Waals surface area contributed by atoms with Gasteiger partial charge in [0.1, 0.15) is 16.6 Å². The predicted molar refractivity (Wildman–Crippen MR) is 96.4 cm³/mol. The van der Waals surface area contributed by atoms with Gasteiger partial charge in [-0.2, -0.15) is 0 Å². The van der Waals surface area contributed by atoms with Crippen molar-refractivity contribution < 1.29 is 13.9 Å². The van der Waals surface area contributed by atoms with Gasteiger partial charge in [0, 0.05) is 17.1 Å². The van der Waals surface area contributed by atoms with Crippen LogP contribution < -0.4 is 4.90 Å². The molecule has 4 rings (SSSR count). The number of rotatable bonds is 3. The van der Waals surface area contributed by atoms with Gasteiger partial charge in [-0.15, -0.1) is 22.7 Å². The van der Waals surface area contributed by atoms with Crippen LogP contribution in [-0.4, -0.2) is 22.5 Å². The molecule has 3 aromatic rings. The predicted octanol–water partition coefficient (Wildman–Crippen LogP) is 4.92. The van der Waals surface area contributed by atoms with Crippen LogP contribution in [0.4, 0.5) is 14.5 Å². The third-order valence-corrected chi connectivity index (χ3v) is 5.56. The molecule has 1 aromatic carbocycles. The highest BCUT2D eigenvalue weighted by Gasteiger charge is 2.31. The first-order valence-corrected chi connectivity index (χ1v) is 9.04. The van der Waals surface area contributed by atoms with Crippen molar-refractivity contribution in [2.75, 3.05) is 11.4 Å². The average Bonchev–Trinajstić information content (AvgIpc) is 3.30. The molecule has 0 amide bonds. The van der Waals surface area contributed by atoms with E-state index in [0.29, 0.717) is 16.3 Å². The van der Waals surface area contributed by atoms with Crippen LogP contribution in [0.1, 0.15) is 5.01 Å². The second-order valence-electron chi connectivity index (χ2n) is 5.37. The van der Waals surface area contributed by atoms with Gasteiger partial charge in [0.15, 0.2) is 11.6 Å². The Bertz CT molecular complexity index is 995. The van der Waals surface area contributed by atoms with Crippen LogP contribution in [0.25, 0.3) is 16.1 Å². The lowest BCUT2D eigenvalue weighted by Crippen LogP contribution is -2.26. The van der Waals surface area contributed by atoms with Crippen molar-refractivity contribution in [3.8, 4) is 10.6 Å². The van der Waals surface area contributed by atoms with E-state index >= 15 is 0 Å². The van der Waals surface area contributed by atoms with Gasteiger partial charge >= 0.3 is 0 Å². The van der Waals surface area contributed by atoms with Crippen LogP contribution in [0, 0.1) is 17.0 Å². The van der Waals surface area contributed by atoms with Crippen molar-refractivity contribution in [3.05, 3.63) is 63.5 Å². The van der Waals surface area contributed by atoms with Gasteiger partial charge in [-0.05, 0) is 23.6 Å². The highest BCUT2D eigenvalue weighted by molar-refractivity contribution is 7.14. The van der Waals surface area contributed by atoms with E-state index in [1.165, 1.54) is 22.3 Å². The second-order valence-corrected chi connectivity index (χ2v) is 7.18. The van der Waals surface area contributed by atoms with Gasteiger partial charge in [-0.3, -0.25) is 5.41 Å². The van der Waals surface area contributed by atoms with Crippen LogP contribution in [0.3, 0.4) is 0 Å². The third-order valence-electron chi connectivity index (χ3n) is 3.81. The summed E-state index contributed by atoms with van der Waals surface area (Å²) in [6.07, 6.45) is 0. The number of anilines is 1. The molecule has 0 saturated carbocycles. The molecule has 3 heterocycles. The lowest BCUT2D eigenvalue weighted by atomic mass is 10.2. The van der Waals surface area contributed by atoms with E-state index in [9.17, 15) is 13.9 Å². The van der Waals surface area contributed by atoms with Gasteiger partial charge in [0.25, 0.3) is 0 Å². The summed E-state index contributed by atoms with van der Waals surface area (Å²) in [7, 11) is 0. The van der Waals surface area contributed by atoms with E-state index in [4.69, 9.17) is 5.41 Å². The number of nitrogens with zero attached hydrogens (tertiary/aromatic N) is 2. The van der Waals surface area contributed by atoms with Gasteiger partial charge in [0.05, 0.1) is 22.7 Å². The first kappa shape index (κ1) is 15.9. The van der Waals surface area contributed by atoms with Crippen molar-refractivity contribution in [1.29, 1.82) is 5.41 Å². The van der Waals surface area contributed by atoms with E-state index in [0.717, 1.165) is 22.7 Å². The minimum absolute atomic E-state index is 0.00980. The summed E-state index contributed by atoms with van der Waals surface area (Å²) >= 11 is 2.89. The van der Waals surface area contributed by atoms with E-state index in [1.54, 1.807) is 11.3 Å². The van der Waals surface area contributed by atoms with Gasteiger partial charge in [-0.25, -0.2) is 13.8 Å². The quantitative estimate of drug-likeness (QED) is 0.683. The second kappa shape index (κ2) is 6.05. The Morgan fingerprint density at radius 2 is 2.00 bits per heavy atom. The van der Waals surface area contributed by atoms with Crippen molar-refractivity contribution in [3.63, 3.8) is 0 Å². The molecule has 8 heteroatoms. The van der Waals surface area contributed by atoms with Gasteiger partial charge in [0.2, 0.25) is 0 Å². The van der Waals surface area contributed by atoms with Crippen molar-refractivity contribution in [2.45, 2.75) is 0 Å². The van der Waals surface area contributed by atoms with E-state index < -0.39 is 11.6 Å². The number of nitrogens with one attached hydrogen (secondary N) is 1. The highest BCUT2D eigenvalue weighted by Crippen LogP contribution is 2.35. The fraction of sp³-hybridized carbons (Fsp3) is 0.0588. The number of hydrogen-bond donors (Lipinski definition) is 2. The maximum Gasteiger partial charge on any atom is 0.160 e. The SMILES string of the molecule is N=C1C(c2nc(-c3cccs3)cs2)=C(O)CN1c1ccc(F)c(F)c1. The zero-order valence-electron chi connectivity index (χ0n) is 12.7. The summed E-state index contributed by atoms with van der Waals surface area (Å²) in [6.45, 7) is 0.0210. The minimum Gasteiger partial charge on any atom is -0.510 e. The standard InChI is InChI=1S/C17H11F2N3OS2/c18-10-4-3-9(6-11(10)19)22-7-13(23)15(16(22)20)17-21-12(8-25-17)14-2-1-5-24-14/h1-6,8,20,23H,7H2. The molecule has 25 heavy (non-hydrogen) atoms. The van der Waals surface area contributed by atoms with E-state index in [1.807, 2.05) is 22.9 Å². The summed E-state index contributed by atoms with van der Waals surface area (Å²) in [5.41, 5.74) is 1.41. The van der Waals surface area contributed by atoms with Gasteiger partial charge < -0.3 is 10.0 Å². The molecule has 0 atom stereocenters. The van der Waals surface area contributed by atoms with Crippen LogP contribution in [0.5, 0.6) is 0 Å². The number of aliphatic hydroxyl groups is 1. The van der Waals surface area contributed by atoms with Crippen LogP contribution in [0.2, 0.25) is 0 Å². The Morgan fingerprint density at radius 1 is 1.16 bits per heavy atom. The number of hydrogen-bond acceptors (Lipinski definition) is 5. The molecule has 0 spiro atoms. The topological polar surface area (TPSA) is 60.2 Å². The molecular weight excluding hydrogens is 364 g/mol. The molecule has 2 aromatic heterocycles. The Balaban J connectivity index is 1.66. The largest absolute Gasteiger partial charge is 0.510 e. The maximum atomic E-state index is 13.5. The van der Waals surface area contributed by atoms with E-state index in [-0.39, 0.29) is 18.1 Å². The normalized spacial score (nSPS) is 14.6. The number of aliphatic hydroxyl groups excluding tert-OH is 1. The fourth-order valence-corrected chi connectivity index (χ4v) is 4.25. The number of thiophene rings is 1. The Labute approximate surface area is 149 Å². The monoisotopic (exact) mass is 375 g/mol. The fourth-order valence-electron chi connectivity index (χ4n) is 2.60. The minimum atomic E-state index is -0.993. The van der Waals surface area contributed by atoms with Crippen LogP contribution in [0.15, 0.2) is 46.9 Å². The number of halogens is 2. The first-order valence-electron chi connectivity index (χ1n) is 7.28. The zero-order chi connectivity index (χ0) is 17.6. The van der Waals surface area contributed by atoms with E-state index in [2.05, 4.69) is 4.98 Å². The molecule has 1 aliphatic rings. The molecule has 0 bridgehead atoms. The summed E-state index contributed by atoms with van der Waals surface area (Å²) in [6, 6.07) is 7.27. The Hall–Kier alpha value is -2.58. The molecule has 126 valence electrons. The third kappa shape index (κ3) is 2.73. The molecule has 4 nitrogen and oxygen atoms in total. The average molecular weight is 375 g/mol. The first-order chi connectivity index (χ1) is 12.0. The number of aromatic nitrogens is 1. The lowest BCUT2D eigenvalue weighted by Gasteiger charge is -2.18. The lowest BCUT2D eigenvalue weighted by molar-refractivity contribution is 0.411. The molecule has 0 radical (unpaired) electrons. The smallest absolute Gasteiger partial charge is 0.160 e. The van der Waals surface area contributed by atoms with Crippen molar-refractivity contribution in [1.82, 2.24) is 4.98 Å². The molecule has 2 N–H and O–H groups in total. The Kier molecular flexibility index (Phi) is 3.85. The highest BCUT2D eigenvalue weighted by atomic mass is 32.1. The molecule has 0 saturated heterocycles. The summed E-state index contributed by atoms with van der Waals surface area (Å²) in [4.78, 5) is 6.93. The molecule has 0 aliphatic carbocycles. The van der Waals surface area contributed by atoms with Crippen LogP contribution >= 0.6 is 22.7 Å². The maximum absolute atomic E-state index is 13.5. The molecule has 0 fully saturated rings. The number of amidine groups is 1. The van der Waals surface area contributed by atoms with Crippen molar-refractivity contribution >= 4 is 39.8 Å². The molecule has 0 unspecified atom stereocenters. The number of thiazole rings is 1. The summed E-state index contributed by atoms with van der Waals surface area (Å²) in [5, 5.41) is 23.0. The van der Waals surface area contributed by atoms with Crippen LogP contribution in [-0.2, 0) is 0 Å². The number of benzene rings is 1. The van der Waals surface area contributed by atoms with Gasteiger partial charge in [-0.1, -0.05) is 6.07 Å². The molecular formula is C17H11F2N3OS2.